The van der Waals surface area contributed by atoms with Crippen LogP contribution in [0.1, 0.15) is 91.4 Å². The van der Waals surface area contributed by atoms with Crippen molar-refractivity contribution in [3.8, 4) is 0 Å². The predicted octanol–water partition coefficient (Wildman–Crippen LogP) is 4.61. The number of carbonyl (C=O) groups excluding carboxylic acids is 2. The Labute approximate surface area is 153 Å². The Bertz CT molecular complexity index is 411. The molecule has 0 aromatic carbocycles. The van der Waals surface area contributed by atoms with Gasteiger partial charge in [-0.15, -0.1) is 0 Å². The van der Waals surface area contributed by atoms with Crippen molar-refractivity contribution in [1.29, 1.82) is 0 Å². The molecule has 1 N–H and O–H groups in total. The van der Waals surface area contributed by atoms with Gasteiger partial charge in [-0.25, -0.2) is 0 Å². The van der Waals surface area contributed by atoms with Crippen molar-refractivity contribution in [3.05, 3.63) is 0 Å². The normalized spacial score (nSPS) is 20.5. The minimum absolute atomic E-state index is 0.0157. The van der Waals surface area contributed by atoms with Gasteiger partial charge in [0.1, 0.15) is 12.1 Å². The van der Waals surface area contributed by atoms with Crippen molar-refractivity contribution in [2.24, 2.45) is 17.8 Å². The van der Waals surface area contributed by atoms with Crippen LogP contribution < -0.4 is 5.32 Å². The van der Waals surface area contributed by atoms with Gasteiger partial charge in [-0.1, -0.05) is 64.2 Å². The summed E-state index contributed by atoms with van der Waals surface area (Å²) in [6.07, 6.45) is 13.6. The van der Waals surface area contributed by atoms with Gasteiger partial charge in [0.2, 0.25) is 5.91 Å². The number of hydrogen-bond donors (Lipinski definition) is 1. The summed E-state index contributed by atoms with van der Waals surface area (Å²) in [5.41, 5.74) is -0.505. The van der Waals surface area contributed by atoms with Crippen LogP contribution in [-0.2, 0) is 14.3 Å². The van der Waals surface area contributed by atoms with Crippen LogP contribution in [0, 0.1) is 17.8 Å². The van der Waals surface area contributed by atoms with Crippen molar-refractivity contribution < 1.29 is 14.3 Å². The average Bonchev–Trinajstić information content (AvgIpc) is 2.58. The highest BCUT2D eigenvalue weighted by Gasteiger charge is 2.33. The van der Waals surface area contributed by atoms with E-state index < -0.39 is 5.60 Å². The number of esters is 1. The summed E-state index contributed by atoms with van der Waals surface area (Å²) in [5.74, 6) is 1.56. The first-order chi connectivity index (χ1) is 11.8. The van der Waals surface area contributed by atoms with Crippen molar-refractivity contribution >= 4 is 11.9 Å². The van der Waals surface area contributed by atoms with Crippen LogP contribution in [0.15, 0.2) is 0 Å². The molecular weight excluding hydrogens is 314 g/mol. The SMILES string of the molecule is CC(C)(C)OC(=O)CNC(=O)CC(C1CCCCC1)C1CCCCC1. The summed E-state index contributed by atoms with van der Waals surface area (Å²) in [6, 6.07) is 0. The first-order valence-electron chi connectivity index (χ1n) is 10.3. The van der Waals surface area contributed by atoms with E-state index in [0.29, 0.717) is 24.2 Å². The molecule has 2 aliphatic carbocycles. The van der Waals surface area contributed by atoms with Gasteiger partial charge in [0.15, 0.2) is 0 Å². The first-order valence-corrected chi connectivity index (χ1v) is 10.3. The molecule has 2 saturated carbocycles. The van der Waals surface area contributed by atoms with E-state index in [9.17, 15) is 9.59 Å². The Morgan fingerprint density at radius 2 is 1.40 bits per heavy atom. The van der Waals surface area contributed by atoms with E-state index in [1.165, 1.54) is 64.2 Å². The van der Waals surface area contributed by atoms with Crippen LogP contribution in [0.4, 0.5) is 0 Å². The second-order valence-electron chi connectivity index (χ2n) is 9.03. The lowest BCUT2D eigenvalue weighted by molar-refractivity contribution is -0.154. The van der Waals surface area contributed by atoms with Gasteiger partial charge >= 0.3 is 5.97 Å². The molecule has 1 amide bonds. The molecule has 0 saturated heterocycles. The van der Waals surface area contributed by atoms with Crippen molar-refractivity contribution in [2.45, 2.75) is 97.0 Å². The number of hydrogen-bond acceptors (Lipinski definition) is 3. The van der Waals surface area contributed by atoms with Crippen LogP contribution in [0.2, 0.25) is 0 Å². The summed E-state index contributed by atoms with van der Waals surface area (Å²) in [7, 11) is 0. The fourth-order valence-corrected chi connectivity index (χ4v) is 4.68. The zero-order chi connectivity index (χ0) is 18.3. The molecule has 0 aromatic heterocycles. The van der Waals surface area contributed by atoms with Crippen LogP contribution in [0.25, 0.3) is 0 Å². The molecule has 144 valence electrons. The second kappa shape index (κ2) is 9.59. The third kappa shape index (κ3) is 7.37. The van der Waals surface area contributed by atoms with Crippen LogP contribution in [0.5, 0.6) is 0 Å². The molecule has 2 aliphatic rings. The van der Waals surface area contributed by atoms with E-state index in [4.69, 9.17) is 4.74 Å². The van der Waals surface area contributed by atoms with Gasteiger partial charge in [-0.3, -0.25) is 9.59 Å². The summed E-state index contributed by atoms with van der Waals surface area (Å²) in [4.78, 5) is 24.3. The van der Waals surface area contributed by atoms with Gasteiger partial charge in [0.25, 0.3) is 0 Å². The Morgan fingerprint density at radius 3 is 1.84 bits per heavy atom. The molecule has 0 heterocycles. The lowest BCUT2D eigenvalue weighted by atomic mass is 9.68. The highest BCUT2D eigenvalue weighted by Crippen LogP contribution is 2.41. The summed E-state index contributed by atoms with van der Waals surface area (Å²) < 4.78 is 5.27. The maximum atomic E-state index is 12.5. The molecule has 2 rings (SSSR count). The third-order valence-electron chi connectivity index (χ3n) is 5.78. The maximum absolute atomic E-state index is 12.5. The molecule has 0 atom stereocenters. The topological polar surface area (TPSA) is 55.4 Å². The van der Waals surface area contributed by atoms with Crippen LogP contribution >= 0.6 is 0 Å². The fourth-order valence-electron chi connectivity index (χ4n) is 4.68. The highest BCUT2D eigenvalue weighted by atomic mass is 16.6. The molecule has 0 spiro atoms. The molecule has 0 radical (unpaired) electrons. The lowest BCUT2D eigenvalue weighted by Gasteiger charge is -2.37. The van der Waals surface area contributed by atoms with E-state index >= 15 is 0 Å². The van der Waals surface area contributed by atoms with E-state index in [2.05, 4.69) is 5.32 Å². The van der Waals surface area contributed by atoms with Gasteiger partial charge in [-0.2, -0.15) is 0 Å². The van der Waals surface area contributed by atoms with Crippen LogP contribution in [-0.4, -0.2) is 24.0 Å². The number of rotatable bonds is 6. The molecule has 0 aromatic rings. The summed E-state index contributed by atoms with van der Waals surface area (Å²) in [5, 5.41) is 2.80. The average molecular weight is 352 g/mol. The Kier molecular flexibility index (Phi) is 7.77. The van der Waals surface area contributed by atoms with E-state index in [0.717, 1.165) is 0 Å². The van der Waals surface area contributed by atoms with Crippen molar-refractivity contribution in [2.75, 3.05) is 6.54 Å². The van der Waals surface area contributed by atoms with E-state index in [1.54, 1.807) is 0 Å². The lowest BCUT2D eigenvalue weighted by Crippen LogP contribution is -2.37. The van der Waals surface area contributed by atoms with E-state index in [1.807, 2.05) is 20.8 Å². The van der Waals surface area contributed by atoms with Gasteiger partial charge in [0.05, 0.1) is 0 Å². The molecule has 4 heteroatoms. The molecule has 0 aliphatic heterocycles. The Morgan fingerprint density at radius 1 is 0.920 bits per heavy atom. The molecule has 2 fully saturated rings. The standard InChI is InChI=1S/C21H37NO3/c1-21(2,3)25-20(24)15-22-19(23)14-18(16-10-6-4-7-11-16)17-12-8-5-9-13-17/h16-18H,4-15H2,1-3H3,(H,22,23). The van der Waals surface area contributed by atoms with Gasteiger partial charge in [0, 0.05) is 6.42 Å². The molecule has 0 bridgehead atoms. The van der Waals surface area contributed by atoms with Crippen molar-refractivity contribution in [1.82, 2.24) is 5.32 Å². The Hall–Kier alpha value is -1.06. The third-order valence-corrected chi connectivity index (χ3v) is 5.78. The Balaban J connectivity index is 1.86. The zero-order valence-corrected chi connectivity index (χ0v) is 16.4. The van der Waals surface area contributed by atoms with Gasteiger partial charge < -0.3 is 10.1 Å². The molecule has 0 unspecified atom stereocenters. The second-order valence-corrected chi connectivity index (χ2v) is 9.03. The zero-order valence-electron chi connectivity index (χ0n) is 16.4. The van der Waals surface area contributed by atoms with Crippen LogP contribution in [0.3, 0.4) is 0 Å². The number of amides is 1. The minimum atomic E-state index is -0.505. The number of carbonyl (C=O) groups is 2. The number of ether oxygens (including phenoxy) is 1. The highest BCUT2D eigenvalue weighted by molar-refractivity contribution is 5.82. The monoisotopic (exact) mass is 351 g/mol. The molecular formula is C21H37NO3. The smallest absolute Gasteiger partial charge is 0.325 e. The quantitative estimate of drug-likeness (QED) is 0.711. The van der Waals surface area contributed by atoms with E-state index in [-0.39, 0.29) is 18.4 Å². The minimum Gasteiger partial charge on any atom is -0.459 e. The maximum Gasteiger partial charge on any atom is 0.325 e. The summed E-state index contributed by atoms with van der Waals surface area (Å²) >= 11 is 0. The molecule has 4 nitrogen and oxygen atoms in total. The van der Waals surface area contributed by atoms with Crippen molar-refractivity contribution in [3.63, 3.8) is 0 Å². The summed E-state index contributed by atoms with van der Waals surface area (Å²) in [6.45, 7) is 5.51. The first kappa shape index (κ1) is 20.3. The fraction of sp³-hybridized carbons (Fsp3) is 0.905. The molecule has 25 heavy (non-hydrogen) atoms. The largest absolute Gasteiger partial charge is 0.459 e. The number of nitrogens with one attached hydrogen (secondary N) is 1. The van der Waals surface area contributed by atoms with Gasteiger partial charge in [-0.05, 0) is 38.5 Å². The predicted molar refractivity (Wildman–Crippen MR) is 100 cm³/mol.